The van der Waals surface area contributed by atoms with Gasteiger partial charge in [0.2, 0.25) is 11.8 Å². The maximum atomic E-state index is 14.1. The van der Waals surface area contributed by atoms with Crippen LogP contribution in [0.15, 0.2) is 18.2 Å². The van der Waals surface area contributed by atoms with Gasteiger partial charge in [-0.1, -0.05) is 6.07 Å². The summed E-state index contributed by atoms with van der Waals surface area (Å²) >= 11 is 0. The molecular weight excluding hydrogens is 425 g/mol. The molecule has 1 aromatic heterocycles. The van der Waals surface area contributed by atoms with Crippen LogP contribution >= 0.6 is 0 Å². The number of piperazine rings is 2. The van der Waals surface area contributed by atoms with Gasteiger partial charge in [-0.25, -0.2) is 4.39 Å². The maximum absolute atomic E-state index is 14.1. The summed E-state index contributed by atoms with van der Waals surface area (Å²) in [4.78, 5) is 46.5. The molecule has 1 aliphatic carbocycles. The van der Waals surface area contributed by atoms with Crippen molar-refractivity contribution in [2.75, 3.05) is 33.2 Å². The summed E-state index contributed by atoms with van der Waals surface area (Å²) in [5.74, 6) is -0.554. The number of halogens is 1. The van der Waals surface area contributed by atoms with Gasteiger partial charge in [0.05, 0.1) is 12.1 Å². The van der Waals surface area contributed by atoms with Crippen LogP contribution in [0.25, 0.3) is 10.9 Å². The summed E-state index contributed by atoms with van der Waals surface area (Å²) in [6.07, 6.45) is 3.67. The summed E-state index contributed by atoms with van der Waals surface area (Å²) in [5.41, 5.74) is 1.91. The van der Waals surface area contributed by atoms with Crippen LogP contribution in [0.5, 0.6) is 0 Å². The van der Waals surface area contributed by atoms with Gasteiger partial charge < -0.3 is 20.1 Å². The third-order valence-corrected chi connectivity index (χ3v) is 7.46. The Bertz CT molecular complexity index is 1080. The number of rotatable bonds is 3. The van der Waals surface area contributed by atoms with Crippen molar-refractivity contribution in [3.8, 4) is 0 Å². The molecule has 2 aromatic rings. The lowest BCUT2D eigenvalue weighted by molar-refractivity contribution is -0.159. The molecule has 2 N–H and O–H groups in total. The minimum absolute atomic E-state index is 0.00120. The van der Waals surface area contributed by atoms with Crippen LogP contribution in [0.3, 0.4) is 0 Å². The second kappa shape index (κ2) is 8.44. The second-order valence-corrected chi connectivity index (χ2v) is 9.62. The molecular formula is C24H30FN5O3. The van der Waals surface area contributed by atoms with Gasteiger partial charge >= 0.3 is 0 Å². The predicted octanol–water partition coefficient (Wildman–Crippen LogP) is 1.64. The number of aromatic nitrogens is 1. The fourth-order valence-electron chi connectivity index (χ4n) is 5.61. The molecule has 9 heteroatoms. The minimum atomic E-state index is -0.413. The van der Waals surface area contributed by atoms with Crippen LogP contribution in [0, 0.1) is 12.7 Å². The molecule has 2 saturated heterocycles. The number of nitrogens with one attached hydrogen (secondary N) is 2. The molecule has 3 amide bonds. The van der Waals surface area contributed by atoms with E-state index < -0.39 is 6.04 Å². The number of aromatic amines is 1. The van der Waals surface area contributed by atoms with Gasteiger partial charge in [0.1, 0.15) is 17.6 Å². The molecule has 5 rings (SSSR count). The monoisotopic (exact) mass is 455 g/mol. The molecule has 2 aliphatic heterocycles. The molecule has 176 valence electrons. The first-order valence-corrected chi connectivity index (χ1v) is 11.7. The van der Waals surface area contributed by atoms with Gasteiger partial charge in [-0.2, -0.15) is 0 Å². The Balaban J connectivity index is 1.24. The van der Waals surface area contributed by atoms with Crippen LogP contribution in [0.1, 0.15) is 41.7 Å². The largest absolute Gasteiger partial charge is 0.350 e. The number of hydrogen-bond acceptors (Lipinski definition) is 4. The van der Waals surface area contributed by atoms with E-state index >= 15 is 0 Å². The van der Waals surface area contributed by atoms with Gasteiger partial charge in [0, 0.05) is 44.2 Å². The molecule has 0 spiro atoms. The van der Waals surface area contributed by atoms with Crippen LogP contribution in [-0.2, 0) is 9.59 Å². The molecule has 0 radical (unpaired) electrons. The lowest BCUT2D eigenvalue weighted by Crippen LogP contribution is -2.67. The number of amides is 3. The van der Waals surface area contributed by atoms with E-state index in [4.69, 9.17) is 0 Å². The highest BCUT2D eigenvalue weighted by Crippen LogP contribution is 2.28. The van der Waals surface area contributed by atoms with Crippen LogP contribution in [0.2, 0.25) is 0 Å². The average molecular weight is 456 g/mol. The normalized spacial score (nSPS) is 26.6. The number of likely N-dealkylation sites (N-methyl/N-ethyl adjacent to an activating group) is 1. The highest BCUT2D eigenvalue weighted by atomic mass is 19.1. The van der Waals surface area contributed by atoms with E-state index in [9.17, 15) is 18.8 Å². The van der Waals surface area contributed by atoms with Crippen molar-refractivity contribution in [3.63, 3.8) is 0 Å². The molecule has 33 heavy (non-hydrogen) atoms. The third-order valence-electron chi connectivity index (χ3n) is 7.46. The van der Waals surface area contributed by atoms with E-state index in [1.807, 2.05) is 6.92 Å². The number of nitrogens with zero attached hydrogens (tertiary/aromatic N) is 3. The van der Waals surface area contributed by atoms with Gasteiger partial charge in [-0.15, -0.1) is 0 Å². The Labute approximate surface area is 192 Å². The molecule has 3 fully saturated rings. The summed E-state index contributed by atoms with van der Waals surface area (Å²) in [6, 6.07) is 4.55. The van der Waals surface area contributed by atoms with E-state index in [0.29, 0.717) is 29.7 Å². The summed E-state index contributed by atoms with van der Waals surface area (Å²) < 4.78 is 14.1. The fraction of sp³-hybridized carbons (Fsp3) is 0.542. The van der Waals surface area contributed by atoms with Crippen LogP contribution in [-0.4, -0.2) is 88.8 Å². The van der Waals surface area contributed by atoms with Crippen LogP contribution < -0.4 is 5.32 Å². The smallest absolute Gasteiger partial charge is 0.267 e. The lowest BCUT2D eigenvalue weighted by atomic mass is 9.88. The molecule has 1 aromatic carbocycles. The quantitative estimate of drug-likeness (QED) is 0.737. The van der Waals surface area contributed by atoms with E-state index in [1.165, 1.54) is 11.0 Å². The minimum Gasteiger partial charge on any atom is -0.350 e. The zero-order valence-electron chi connectivity index (χ0n) is 19.1. The second-order valence-electron chi connectivity index (χ2n) is 9.62. The van der Waals surface area contributed by atoms with Crippen molar-refractivity contribution in [1.82, 2.24) is 25.0 Å². The van der Waals surface area contributed by atoms with Gasteiger partial charge in [0.15, 0.2) is 0 Å². The number of carbonyl (C=O) groups is 3. The number of H-pyrrole nitrogens is 1. The number of benzene rings is 1. The van der Waals surface area contributed by atoms with Gasteiger partial charge in [-0.3, -0.25) is 19.3 Å². The first-order valence-electron chi connectivity index (χ1n) is 11.7. The Hall–Kier alpha value is -2.94. The molecule has 3 atom stereocenters. The SMILES string of the molecule is Cc1ccc(F)c2cc(C(=O)N[C@@H]3CCC[C@@H](N4CCN5C(=O)CN(C)C(=O)C5C4)C3)[nH]c12. The summed E-state index contributed by atoms with van der Waals surface area (Å²) in [5, 5.41) is 3.55. The maximum Gasteiger partial charge on any atom is 0.267 e. The number of carbonyl (C=O) groups excluding carboxylic acids is 3. The Morgan fingerprint density at radius 3 is 2.82 bits per heavy atom. The Morgan fingerprint density at radius 1 is 1.21 bits per heavy atom. The highest BCUT2D eigenvalue weighted by Gasteiger charge is 2.43. The van der Waals surface area contributed by atoms with Crippen LogP contribution in [0.4, 0.5) is 4.39 Å². The van der Waals surface area contributed by atoms with Crippen molar-refractivity contribution in [2.24, 2.45) is 0 Å². The summed E-state index contributed by atoms with van der Waals surface area (Å²) in [6.45, 7) is 3.89. The van der Waals surface area contributed by atoms with E-state index in [1.54, 1.807) is 24.1 Å². The average Bonchev–Trinajstić information content (AvgIpc) is 3.27. The zero-order chi connectivity index (χ0) is 23.3. The summed E-state index contributed by atoms with van der Waals surface area (Å²) in [7, 11) is 1.68. The first-order chi connectivity index (χ1) is 15.8. The van der Waals surface area contributed by atoms with Gasteiger partial charge in [-0.05, 0) is 50.3 Å². The van der Waals surface area contributed by atoms with Crippen molar-refractivity contribution in [1.29, 1.82) is 0 Å². The molecule has 1 saturated carbocycles. The zero-order valence-corrected chi connectivity index (χ0v) is 19.1. The topological polar surface area (TPSA) is 88.8 Å². The molecule has 3 aliphatic rings. The van der Waals surface area contributed by atoms with E-state index in [-0.39, 0.29) is 42.2 Å². The molecule has 3 heterocycles. The third kappa shape index (κ3) is 3.99. The number of hydrogen-bond donors (Lipinski definition) is 2. The highest BCUT2D eigenvalue weighted by molar-refractivity contribution is 5.99. The van der Waals surface area contributed by atoms with Crippen molar-refractivity contribution < 1.29 is 18.8 Å². The van der Waals surface area contributed by atoms with Crippen molar-refractivity contribution >= 4 is 28.6 Å². The lowest BCUT2D eigenvalue weighted by Gasteiger charge is -2.48. The van der Waals surface area contributed by atoms with Crippen molar-refractivity contribution in [2.45, 2.75) is 50.7 Å². The predicted molar refractivity (Wildman–Crippen MR) is 121 cm³/mol. The standard InChI is InChI=1S/C24H30FN5O3/c1-14-6-7-18(25)17-11-19(27-22(14)17)23(32)26-15-4-3-5-16(10-15)29-8-9-30-20(12-29)24(33)28(2)13-21(30)31/h6-7,11,15-16,20,27H,3-5,8-10,12-13H2,1-2H3,(H,26,32)/t15-,16-,20?/m1/s1. The first kappa shape index (κ1) is 21.9. The van der Waals surface area contributed by atoms with Crippen molar-refractivity contribution in [3.05, 3.63) is 35.3 Å². The van der Waals surface area contributed by atoms with E-state index in [0.717, 1.165) is 37.8 Å². The Morgan fingerprint density at radius 2 is 2.03 bits per heavy atom. The molecule has 8 nitrogen and oxygen atoms in total. The molecule has 0 bridgehead atoms. The Kier molecular flexibility index (Phi) is 5.60. The number of aryl methyl sites for hydroxylation is 1. The van der Waals surface area contributed by atoms with E-state index in [2.05, 4.69) is 15.2 Å². The number of fused-ring (bicyclic) bond motifs is 2. The fourth-order valence-corrected chi connectivity index (χ4v) is 5.61. The van der Waals surface area contributed by atoms with Gasteiger partial charge in [0.25, 0.3) is 5.91 Å². The molecule has 1 unspecified atom stereocenters.